The zero-order valence-electron chi connectivity index (χ0n) is 11.4. The van der Waals surface area contributed by atoms with Crippen LogP contribution in [0.25, 0.3) is 0 Å². The molecule has 0 aliphatic heterocycles. The number of pyridine rings is 1. The van der Waals surface area contributed by atoms with E-state index in [2.05, 4.69) is 16.9 Å². The Bertz CT molecular complexity index is 400. The van der Waals surface area contributed by atoms with Crippen molar-refractivity contribution in [3.05, 3.63) is 42.7 Å². The van der Waals surface area contributed by atoms with E-state index in [1.807, 2.05) is 26.0 Å². The minimum absolute atomic E-state index is 0.212. The Hall–Kier alpha value is -1.72. The smallest absolute Gasteiger partial charge is 0.243 e. The third-order valence-electron chi connectivity index (χ3n) is 2.56. The molecule has 0 aromatic carbocycles. The Balaban J connectivity index is 2.99. The largest absolute Gasteiger partial charge is 0.347 e. The Labute approximate surface area is 113 Å². The van der Waals surface area contributed by atoms with E-state index in [1.54, 1.807) is 12.4 Å². The fourth-order valence-electron chi connectivity index (χ4n) is 1.76. The SMILES string of the molecule is C=CC(=O)NCC(OCC)(OCC)c1ccncc1. The molecule has 19 heavy (non-hydrogen) atoms. The first-order chi connectivity index (χ1) is 9.18. The first kappa shape index (κ1) is 15.3. The zero-order valence-corrected chi connectivity index (χ0v) is 11.4. The maximum Gasteiger partial charge on any atom is 0.243 e. The van der Waals surface area contributed by atoms with Crippen molar-refractivity contribution in [2.45, 2.75) is 19.6 Å². The highest BCUT2D eigenvalue weighted by atomic mass is 16.7. The lowest BCUT2D eigenvalue weighted by Gasteiger charge is -2.33. The lowest BCUT2D eigenvalue weighted by molar-refractivity contribution is -0.238. The minimum atomic E-state index is -0.995. The van der Waals surface area contributed by atoms with E-state index in [0.717, 1.165) is 5.56 Å². The van der Waals surface area contributed by atoms with Gasteiger partial charge in [-0.05, 0) is 32.1 Å². The van der Waals surface area contributed by atoms with Crippen LogP contribution in [0.4, 0.5) is 0 Å². The van der Waals surface area contributed by atoms with Crippen LogP contribution in [0, 0.1) is 0 Å². The fourth-order valence-corrected chi connectivity index (χ4v) is 1.76. The normalized spacial score (nSPS) is 11.1. The zero-order chi connectivity index (χ0) is 14.1. The molecule has 0 fully saturated rings. The van der Waals surface area contributed by atoms with Gasteiger partial charge in [-0.25, -0.2) is 0 Å². The van der Waals surface area contributed by atoms with E-state index in [-0.39, 0.29) is 12.5 Å². The molecule has 5 heteroatoms. The number of hydrogen-bond acceptors (Lipinski definition) is 4. The van der Waals surface area contributed by atoms with Gasteiger partial charge in [-0.3, -0.25) is 9.78 Å². The first-order valence-corrected chi connectivity index (χ1v) is 6.27. The van der Waals surface area contributed by atoms with Gasteiger partial charge in [0.25, 0.3) is 0 Å². The molecule has 0 aliphatic carbocycles. The average molecular weight is 264 g/mol. The molecule has 1 N–H and O–H groups in total. The summed E-state index contributed by atoms with van der Waals surface area (Å²) in [7, 11) is 0. The summed E-state index contributed by atoms with van der Waals surface area (Å²) < 4.78 is 11.5. The molecule has 0 unspecified atom stereocenters. The number of carbonyl (C=O) groups excluding carboxylic acids is 1. The monoisotopic (exact) mass is 264 g/mol. The van der Waals surface area contributed by atoms with Crippen LogP contribution in [-0.2, 0) is 20.1 Å². The number of amides is 1. The molecule has 0 aliphatic rings. The second-order valence-corrected chi connectivity index (χ2v) is 3.78. The summed E-state index contributed by atoms with van der Waals surface area (Å²) in [6.07, 6.45) is 4.55. The van der Waals surface area contributed by atoms with Gasteiger partial charge < -0.3 is 14.8 Å². The Kier molecular flexibility index (Phi) is 6.18. The van der Waals surface area contributed by atoms with Gasteiger partial charge in [0.2, 0.25) is 11.7 Å². The number of rotatable bonds is 8. The summed E-state index contributed by atoms with van der Waals surface area (Å²) in [6.45, 7) is 8.32. The standard InChI is InChI=1S/C14H20N2O3/c1-4-13(17)16-11-14(18-5-2,19-6-3)12-7-9-15-10-8-12/h4,7-10H,1,5-6,11H2,2-3H3,(H,16,17). The molecule has 1 heterocycles. The lowest BCUT2D eigenvalue weighted by Crippen LogP contribution is -2.44. The number of carbonyl (C=O) groups is 1. The van der Waals surface area contributed by atoms with Crippen molar-refractivity contribution in [3.63, 3.8) is 0 Å². The van der Waals surface area contributed by atoms with E-state index in [9.17, 15) is 4.79 Å². The van der Waals surface area contributed by atoms with E-state index < -0.39 is 5.79 Å². The molecule has 1 amide bonds. The van der Waals surface area contributed by atoms with Crippen molar-refractivity contribution in [2.24, 2.45) is 0 Å². The number of nitrogens with one attached hydrogen (secondary N) is 1. The Morgan fingerprint density at radius 3 is 2.42 bits per heavy atom. The quantitative estimate of drug-likeness (QED) is 0.572. The van der Waals surface area contributed by atoms with Gasteiger partial charge in [0.15, 0.2) is 0 Å². The van der Waals surface area contributed by atoms with Crippen LogP contribution in [0.1, 0.15) is 19.4 Å². The minimum Gasteiger partial charge on any atom is -0.347 e. The molecule has 0 bridgehead atoms. The van der Waals surface area contributed by atoms with Crippen LogP contribution in [0.15, 0.2) is 37.2 Å². The molecule has 0 saturated carbocycles. The van der Waals surface area contributed by atoms with Crippen molar-refractivity contribution < 1.29 is 14.3 Å². The van der Waals surface area contributed by atoms with Crippen molar-refractivity contribution >= 4 is 5.91 Å². The number of hydrogen-bond donors (Lipinski definition) is 1. The van der Waals surface area contributed by atoms with E-state index >= 15 is 0 Å². The second kappa shape index (κ2) is 7.66. The maximum atomic E-state index is 11.3. The maximum absolute atomic E-state index is 11.3. The van der Waals surface area contributed by atoms with E-state index in [4.69, 9.17) is 9.47 Å². The van der Waals surface area contributed by atoms with Gasteiger partial charge in [0, 0.05) is 31.2 Å². The van der Waals surface area contributed by atoms with Crippen LogP contribution in [0.3, 0.4) is 0 Å². The van der Waals surface area contributed by atoms with Crippen LogP contribution >= 0.6 is 0 Å². The number of nitrogens with zero attached hydrogens (tertiary/aromatic N) is 1. The first-order valence-electron chi connectivity index (χ1n) is 6.27. The predicted octanol–water partition coefficient (Wildman–Crippen LogP) is 1.61. The van der Waals surface area contributed by atoms with Gasteiger partial charge >= 0.3 is 0 Å². The molecule has 0 radical (unpaired) electrons. The van der Waals surface area contributed by atoms with Crippen LogP contribution in [-0.4, -0.2) is 30.6 Å². The van der Waals surface area contributed by atoms with Gasteiger partial charge in [-0.15, -0.1) is 0 Å². The second-order valence-electron chi connectivity index (χ2n) is 3.78. The lowest BCUT2D eigenvalue weighted by atomic mass is 10.1. The van der Waals surface area contributed by atoms with Crippen molar-refractivity contribution in [1.29, 1.82) is 0 Å². The highest BCUT2D eigenvalue weighted by Crippen LogP contribution is 2.26. The van der Waals surface area contributed by atoms with Gasteiger partial charge in [-0.2, -0.15) is 0 Å². The van der Waals surface area contributed by atoms with Crippen molar-refractivity contribution in [3.8, 4) is 0 Å². The molecule has 5 nitrogen and oxygen atoms in total. The van der Waals surface area contributed by atoms with Gasteiger partial charge in [0.1, 0.15) is 0 Å². The number of ether oxygens (including phenoxy) is 2. The molecule has 1 aromatic heterocycles. The topological polar surface area (TPSA) is 60.5 Å². The van der Waals surface area contributed by atoms with Crippen LogP contribution in [0.5, 0.6) is 0 Å². The van der Waals surface area contributed by atoms with Gasteiger partial charge in [0.05, 0.1) is 6.54 Å². The molecule has 104 valence electrons. The van der Waals surface area contributed by atoms with E-state index in [0.29, 0.717) is 13.2 Å². The van der Waals surface area contributed by atoms with Crippen molar-refractivity contribution in [1.82, 2.24) is 10.3 Å². The molecule has 0 atom stereocenters. The summed E-state index contributed by atoms with van der Waals surface area (Å²) in [5, 5.41) is 2.71. The average Bonchev–Trinajstić information content (AvgIpc) is 2.45. The Morgan fingerprint density at radius 2 is 1.95 bits per heavy atom. The third kappa shape index (κ3) is 4.15. The van der Waals surface area contributed by atoms with Crippen LogP contribution in [0.2, 0.25) is 0 Å². The van der Waals surface area contributed by atoms with Crippen molar-refractivity contribution in [2.75, 3.05) is 19.8 Å². The third-order valence-corrected chi connectivity index (χ3v) is 2.56. The molecule has 1 rings (SSSR count). The fraction of sp³-hybridized carbons (Fsp3) is 0.429. The molecular weight excluding hydrogens is 244 g/mol. The molecule has 0 saturated heterocycles. The number of aromatic nitrogens is 1. The van der Waals surface area contributed by atoms with Gasteiger partial charge in [-0.1, -0.05) is 6.58 Å². The molecular formula is C14H20N2O3. The summed E-state index contributed by atoms with van der Waals surface area (Å²) >= 11 is 0. The highest BCUT2D eigenvalue weighted by molar-refractivity contribution is 5.86. The summed E-state index contributed by atoms with van der Waals surface area (Å²) in [6, 6.07) is 3.62. The van der Waals surface area contributed by atoms with Crippen LogP contribution < -0.4 is 5.32 Å². The summed E-state index contributed by atoms with van der Waals surface area (Å²) in [5.41, 5.74) is 0.815. The Morgan fingerprint density at radius 1 is 1.37 bits per heavy atom. The molecule has 1 aromatic rings. The molecule has 0 spiro atoms. The summed E-state index contributed by atoms with van der Waals surface area (Å²) in [5.74, 6) is -1.26. The summed E-state index contributed by atoms with van der Waals surface area (Å²) in [4.78, 5) is 15.3. The predicted molar refractivity (Wildman–Crippen MR) is 72.4 cm³/mol. The van der Waals surface area contributed by atoms with E-state index in [1.165, 1.54) is 6.08 Å². The highest BCUT2D eigenvalue weighted by Gasteiger charge is 2.34.